The minimum Gasteiger partial charge on any atom is -0.436 e. The van der Waals surface area contributed by atoms with Crippen LogP contribution in [0.3, 0.4) is 0 Å². The number of halogens is 2. The number of aromatic nitrogens is 1. The Morgan fingerprint density at radius 3 is 2.74 bits per heavy atom. The first-order valence-electron chi connectivity index (χ1n) is 11.8. The summed E-state index contributed by atoms with van der Waals surface area (Å²) in [6, 6.07) is 3.05. The van der Waals surface area contributed by atoms with Crippen molar-refractivity contribution < 1.29 is 23.0 Å². The third kappa shape index (κ3) is 6.51. The van der Waals surface area contributed by atoms with Gasteiger partial charge in [-0.05, 0) is 81.0 Å². The normalized spacial score (nSPS) is 16.4. The van der Waals surface area contributed by atoms with Gasteiger partial charge in [-0.25, -0.2) is 4.98 Å². The quantitative estimate of drug-likeness (QED) is 0.347. The SMILES string of the molecule is CCC(C=N)CC(C)C/C=C/c1nc2c(OC(F)(F)C(C)(C)O)ccc(C3=CC=CC=NC3)c2o1. The lowest BCUT2D eigenvalue weighted by molar-refractivity contribution is -0.275. The van der Waals surface area contributed by atoms with Crippen LogP contribution in [0.5, 0.6) is 5.75 Å². The summed E-state index contributed by atoms with van der Waals surface area (Å²) in [7, 11) is 0. The Kier molecular flexibility index (Phi) is 8.38. The molecule has 0 saturated carbocycles. The average Bonchev–Trinajstić information content (AvgIpc) is 3.04. The number of alkyl halides is 2. The molecular weight excluding hydrogens is 452 g/mol. The summed E-state index contributed by atoms with van der Waals surface area (Å²) in [5.74, 6) is 0.705. The minimum absolute atomic E-state index is 0.145. The molecule has 1 aromatic carbocycles. The van der Waals surface area contributed by atoms with E-state index in [4.69, 9.17) is 14.6 Å². The molecule has 0 radical (unpaired) electrons. The molecule has 0 spiro atoms. The summed E-state index contributed by atoms with van der Waals surface area (Å²) in [4.78, 5) is 8.74. The molecule has 188 valence electrons. The van der Waals surface area contributed by atoms with Gasteiger partial charge in [0, 0.05) is 11.8 Å². The lowest BCUT2D eigenvalue weighted by atomic mass is 9.92. The second-order valence-electron chi connectivity index (χ2n) is 9.40. The summed E-state index contributed by atoms with van der Waals surface area (Å²) < 4.78 is 40.0. The van der Waals surface area contributed by atoms with E-state index in [1.807, 2.05) is 24.3 Å². The molecule has 6 nitrogen and oxygen atoms in total. The van der Waals surface area contributed by atoms with E-state index in [0.717, 1.165) is 38.7 Å². The van der Waals surface area contributed by atoms with Gasteiger partial charge in [0.05, 0.1) is 6.54 Å². The highest BCUT2D eigenvalue weighted by Gasteiger charge is 2.49. The van der Waals surface area contributed by atoms with Crippen LogP contribution in [0.2, 0.25) is 0 Å². The van der Waals surface area contributed by atoms with E-state index in [0.29, 0.717) is 23.6 Å². The van der Waals surface area contributed by atoms with Crippen molar-refractivity contribution in [3.63, 3.8) is 0 Å². The maximum absolute atomic E-state index is 14.5. The largest absolute Gasteiger partial charge is 0.436 e. The molecule has 2 atom stereocenters. The predicted molar refractivity (Wildman–Crippen MR) is 136 cm³/mol. The molecule has 2 heterocycles. The van der Waals surface area contributed by atoms with Crippen molar-refractivity contribution in [1.82, 2.24) is 4.98 Å². The Labute approximate surface area is 204 Å². The van der Waals surface area contributed by atoms with E-state index in [1.54, 1.807) is 18.4 Å². The average molecular weight is 486 g/mol. The van der Waals surface area contributed by atoms with Crippen LogP contribution in [0.15, 0.2) is 45.8 Å². The molecule has 1 aliphatic heterocycles. The van der Waals surface area contributed by atoms with E-state index >= 15 is 0 Å². The third-order valence-electron chi connectivity index (χ3n) is 5.95. The number of rotatable bonds is 11. The Hall–Kier alpha value is -3.13. The molecule has 0 fully saturated rings. The van der Waals surface area contributed by atoms with Gasteiger partial charge in [-0.3, -0.25) is 4.99 Å². The molecule has 1 aromatic heterocycles. The molecule has 2 aromatic rings. The smallest absolute Gasteiger partial charge is 0.426 e. The highest BCUT2D eigenvalue weighted by Crippen LogP contribution is 2.38. The Balaban J connectivity index is 1.96. The second-order valence-corrected chi connectivity index (χ2v) is 9.40. The summed E-state index contributed by atoms with van der Waals surface area (Å²) in [5.41, 5.74) is -0.407. The summed E-state index contributed by atoms with van der Waals surface area (Å²) in [5, 5.41) is 17.4. The van der Waals surface area contributed by atoms with Crippen molar-refractivity contribution in [2.24, 2.45) is 16.8 Å². The van der Waals surface area contributed by atoms with Gasteiger partial charge in [-0.1, -0.05) is 32.1 Å². The lowest BCUT2D eigenvalue weighted by Crippen LogP contribution is -2.47. The fraction of sp³-hybridized carbons (Fsp3) is 0.444. The number of oxazole rings is 1. The maximum atomic E-state index is 14.5. The number of ether oxygens (including phenoxy) is 1. The van der Waals surface area contributed by atoms with Crippen molar-refractivity contribution in [2.45, 2.75) is 58.7 Å². The molecule has 0 bridgehead atoms. The maximum Gasteiger partial charge on any atom is 0.426 e. The standard InChI is InChI=1S/C27H33F2N3O3/c1-5-19(16-30)15-18(2)9-8-11-23-32-24-22(35-27(28,29)26(3,4)33)13-12-21(25(24)34-23)20-10-6-7-14-31-17-20/h6-8,10-14,16,18-19,30,33H,5,9,15,17H2,1-4H3/b11-8+,30-16?. The van der Waals surface area contributed by atoms with Crippen molar-refractivity contribution in [3.05, 3.63) is 47.9 Å². The minimum atomic E-state index is -3.84. The van der Waals surface area contributed by atoms with Crippen molar-refractivity contribution in [1.29, 1.82) is 5.41 Å². The van der Waals surface area contributed by atoms with E-state index in [-0.39, 0.29) is 23.1 Å². The Bertz CT molecular complexity index is 1160. The first-order chi connectivity index (χ1) is 16.6. The summed E-state index contributed by atoms with van der Waals surface area (Å²) in [6.45, 7) is 6.56. The molecule has 2 N–H and O–H groups in total. The predicted octanol–water partition coefficient (Wildman–Crippen LogP) is 6.70. The molecule has 35 heavy (non-hydrogen) atoms. The summed E-state index contributed by atoms with van der Waals surface area (Å²) >= 11 is 0. The molecule has 1 aliphatic rings. The topological polar surface area (TPSA) is 91.7 Å². The van der Waals surface area contributed by atoms with Crippen LogP contribution in [0.25, 0.3) is 22.7 Å². The number of fused-ring (bicyclic) bond motifs is 1. The summed E-state index contributed by atoms with van der Waals surface area (Å²) in [6.07, 6.45) is 11.2. The monoisotopic (exact) mass is 485 g/mol. The van der Waals surface area contributed by atoms with Gasteiger partial charge in [0.15, 0.2) is 22.5 Å². The number of nitrogens with zero attached hydrogens (tertiary/aromatic N) is 2. The van der Waals surface area contributed by atoms with Crippen LogP contribution in [-0.2, 0) is 0 Å². The second kappa shape index (κ2) is 11.1. The molecule has 0 saturated heterocycles. The zero-order chi connectivity index (χ0) is 25.6. The fourth-order valence-electron chi connectivity index (χ4n) is 3.70. The molecule has 0 aliphatic carbocycles. The van der Waals surface area contributed by atoms with E-state index in [1.165, 1.54) is 12.3 Å². The fourth-order valence-corrected chi connectivity index (χ4v) is 3.70. The van der Waals surface area contributed by atoms with Crippen molar-refractivity contribution in [3.8, 4) is 5.75 Å². The zero-order valence-electron chi connectivity index (χ0n) is 20.6. The van der Waals surface area contributed by atoms with Crippen molar-refractivity contribution in [2.75, 3.05) is 6.54 Å². The molecule has 2 unspecified atom stereocenters. The van der Waals surface area contributed by atoms with E-state index in [2.05, 4.69) is 23.8 Å². The number of nitrogens with one attached hydrogen (secondary N) is 1. The van der Waals surface area contributed by atoms with Crippen LogP contribution in [-0.4, -0.2) is 40.8 Å². The van der Waals surface area contributed by atoms with Crippen LogP contribution in [0.1, 0.15) is 58.4 Å². The molecule has 8 heteroatoms. The number of aliphatic hydroxyl groups is 1. The first-order valence-corrected chi connectivity index (χ1v) is 11.8. The molecule has 3 rings (SSSR count). The van der Waals surface area contributed by atoms with E-state index in [9.17, 15) is 13.9 Å². The van der Waals surface area contributed by atoms with Gasteiger partial charge < -0.3 is 19.7 Å². The van der Waals surface area contributed by atoms with Gasteiger partial charge in [0.25, 0.3) is 0 Å². The first kappa shape index (κ1) is 26.5. The third-order valence-corrected chi connectivity index (χ3v) is 5.95. The number of aliphatic imine (C=N–C) groups is 1. The van der Waals surface area contributed by atoms with Crippen molar-refractivity contribution >= 4 is 35.2 Å². The van der Waals surface area contributed by atoms with Gasteiger partial charge >= 0.3 is 6.11 Å². The van der Waals surface area contributed by atoms with Gasteiger partial charge in [0.1, 0.15) is 0 Å². The highest BCUT2D eigenvalue weighted by atomic mass is 19.3. The number of allylic oxidation sites excluding steroid dienone is 4. The zero-order valence-corrected chi connectivity index (χ0v) is 20.6. The van der Waals surface area contributed by atoms with Crippen LogP contribution in [0, 0.1) is 17.2 Å². The Morgan fingerprint density at radius 2 is 2.06 bits per heavy atom. The van der Waals surface area contributed by atoms with Gasteiger partial charge in [0.2, 0.25) is 5.89 Å². The van der Waals surface area contributed by atoms with E-state index < -0.39 is 11.7 Å². The lowest BCUT2D eigenvalue weighted by Gasteiger charge is -2.28. The van der Waals surface area contributed by atoms with Crippen LogP contribution in [0.4, 0.5) is 8.78 Å². The Morgan fingerprint density at radius 1 is 1.29 bits per heavy atom. The highest BCUT2D eigenvalue weighted by molar-refractivity contribution is 5.93. The molecular formula is C27H33F2N3O3. The van der Waals surface area contributed by atoms with Crippen LogP contribution >= 0.6 is 0 Å². The van der Waals surface area contributed by atoms with Gasteiger partial charge in [-0.2, -0.15) is 8.78 Å². The number of hydrogen-bond donors (Lipinski definition) is 2. The van der Waals surface area contributed by atoms with Gasteiger partial charge in [-0.15, -0.1) is 0 Å². The number of hydrogen-bond acceptors (Lipinski definition) is 6. The number of benzene rings is 1. The van der Waals surface area contributed by atoms with Crippen LogP contribution < -0.4 is 4.74 Å². The molecule has 0 amide bonds.